The van der Waals surface area contributed by atoms with E-state index < -0.39 is 11.7 Å². The number of carbonyl (C=O) groups excluding carboxylic acids is 1. The third-order valence-corrected chi connectivity index (χ3v) is 5.69. The van der Waals surface area contributed by atoms with Crippen molar-refractivity contribution >= 4 is 22.6 Å². The lowest BCUT2D eigenvalue weighted by Gasteiger charge is -2.10. The minimum Gasteiger partial charge on any atom is -0.496 e. The van der Waals surface area contributed by atoms with Crippen LogP contribution in [-0.2, 0) is 13.6 Å². The van der Waals surface area contributed by atoms with E-state index in [1.54, 1.807) is 12.5 Å². The molecule has 1 amide bonds. The van der Waals surface area contributed by atoms with E-state index in [4.69, 9.17) is 10.5 Å². The predicted octanol–water partition coefficient (Wildman–Crippen LogP) is 3.69. The van der Waals surface area contributed by atoms with Crippen LogP contribution >= 0.6 is 0 Å². The summed E-state index contributed by atoms with van der Waals surface area (Å²) in [6.07, 6.45) is 5.37. The Morgan fingerprint density at radius 3 is 2.71 bits per heavy atom. The number of carbonyl (C=O) groups is 1. The van der Waals surface area contributed by atoms with Gasteiger partial charge in [0, 0.05) is 37.1 Å². The highest BCUT2D eigenvalue weighted by Gasteiger charge is 2.18. The van der Waals surface area contributed by atoms with E-state index in [1.165, 1.54) is 19.2 Å². The zero-order valence-corrected chi connectivity index (χ0v) is 19.0. The second-order valence-corrected chi connectivity index (χ2v) is 8.03. The normalized spacial score (nSPS) is 11.1. The number of nitrogen functional groups attached to an aromatic ring is 1. The Morgan fingerprint density at radius 2 is 2.00 bits per heavy atom. The van der Waals surface area contributed by atoms with Gasteiger partial charge in [0.2, 0.25) is 0 Å². The van der Waals surface area contributed by atoms with E-state index in [9.17, 15) is 9.18 Å². The highest BCUT2D eigenvalue weighted by atomic mass is 19.1. The second-order valence-electron chi connectivity index (χ2n) is 8.03. The number of rotatable bonds is 6. The van der Waals surface area contributed by atoms with Gasteiger partial charge < -0.3 is 20.4 Å². The Hall–Kier alpha value is -4.73. The summed E-state index contributed by atoms with van der Waals surface area (Å²) >= 11 is 0. The maximum Gasteiger partial charge on any atom is 0.255 e. The van der Waals surface area contributed by atoms with Crippen LogP contribution < -0.4 is 15.8 Å². The summed E-state index contributed by atoms with van der Waals surface area (Å²) in [7, 11) is 3.33. The number of halogens is 1. The van der Waals surface area contributed by atoms with Crippen LogP contribution in [0.25, 0.3) is 33.4 Å². The van der Waals surface area contributed by atoms with Crippen molar-refractivity contribution in [3.63, 3.8) is 0 Å². The number of amides is 1. The molecule has 4 N–H and O–H groups in total. The number of H-pyrrole nitrogens is 1. The fraction of sp³-hybridized carbons (Fsp3) is 0.120. The first kappa shape index (κ1) is 22.1. The molecular formula is C25H22FN7O2. The predicted molar refractivity (Wildman–Crippen MR) is 130 cm³/mol. The number of aromatic amines is 1. The lowest BCUT2D eigenvalue weighted by molar-refractivity contribution is 0.0947. The van der Waals surface area contributed by atoms with Crippen molar-refractivity contribution in [2.24, 2.45) is 7.05 Å². The topological polar surface area (TPSA) is 124 Å². The molecule has 0 spiro atoms. The molecule has 3 heterocycles. The van der Waals surface area contributed by atoms with Gasteiger partial charge in [0.1, 0.15) is 11.6 Å². The monoisotopic (exact) mass is 471 g/mol. The van der Waals surface area contributed by atoms with E-state index >= 15 is 0 Å². The van der Waals surface area contributed by atoms with Crippen LogP contribution in [0.4, 0.5) is 10.2 Å². The van der Waals surface area contributed by atoms with Crippen LogP contribution in [0.2, 0.25) is 0 Å². The Kier molecular flexibility index (Phi) is 5.61. The van der Waals surface area contributed by atoms with Gasteiger partial charge in [-0.15, -0.1) is 0 Å². The van der Waals surface area contributed by atoms with Gasteiger partial charge in [-0.25, -0.2) is 9.37 Å². The van der Waals surface area contributed by atoms with Crippen LogP contribution in [0, 0.1) is 5.82 Å². The van der Waals surface area contributed by atoms with E-state index in [2.05, 4.69) is 25.5 Å². The van der Waals surface area contributed by atoms with Crippen molar-refractivity contribution in [3.8, 4) is 28.3 Å². The van der Waals surface area contributed by atoms with Gasteiger partial charge in [0.15, 0.2) is 5.82 Å². The van der Waals surface area contributed by atoms with Crippen LogP contribution in [0.15, 0.2) is 61.2 Å². The van der Waals surface area contributed by atoms with Gasteiger partial charge >= 0.3 is 0 Å². The van der Waals surface area contributed by atoms with Crippen LogP contribution in [-0.4, -0.2) is 37.7 Å². The number of hydrogen-bond acceptors (Lipinski definition) is 6. The summed E-state index contributed by atoms with van der Waals surface area (Å²) in [5.41, 5.74) is 11.0. The van der Waals surface area contributed by atoms with Crippen molar-refractivity contribution in [3.05, 3.63) is 78.1 Å². The minimum atomic E-state index is -0.508. The molecule has 2 aromatic carbocycles. The molecule has 0 saturated heterocycles. The number of aryl methyl sites for hydroxylation is 1. The number of aromatic nitrogens is 5. The number of hydrogen-bond donors (Lipinski definition) is 3. The zero-order valence-electron chi connectivity index (χ0n) is 19.0. The lowest BCUT2D eigenvalue weighted by Crippen LogP contribution is -2.23. The molecule has 0 bridgehead atoms. The van der Waals surface area contributed by atoms with Gasteiger partial charge in [-0.2, -0.15) is 5.10 Å². The molecule has 35 heavy (non-hydrogen) atoms. The Bertz CT molecular complexity index is 1540. The summed E-state index contributed by atoms with van der Waals surface area (Å²) in [6.45, 7) is 0.258. The first-order valence-electron chi connectivity index (χ1n) is 10.8. The molecular weight excluding hydrogens is 449 g/mol. The fourth-order valence-corrected chi connectivity index (χ4v) is 3.93. The number of benzene rings is 2. The summed E-state index contributed by atoms with van der Waals surface area (Å²) in [6, 6.07) is 11.4. The Balaban J connectivity index is 1.38. The molecule has 0 unspecified atom stereocenters. The van der Waals surface area contributed by atoms with Crippen molar-refractivity contribution < 1.29 is 13.9 Å². The number of nitrogens with two attached hydrogens (primary N) is 1. The number of nitrogens with zero attached hydrogens (tertiary/aromatic N) is 4. The molecule has 0 radical (unpaired) electrons. The standard InChI is InChI=1S/C25H22FN7O2/c1-33-12-19(30-13-33)18-11-28-22(21-23(18)31-32-24(21)27)15-5-3-14(4-6-15)10-29-25(34)17-9-16(26)7-8-20(17)35-2/h3-9,11-13H,10H2,1-2H3,(H,29,34)(H3,27,31,32). The van der Waals surface area contributed by atoms with Gasteiger partial charge in [0.05, 0.1) is 41.3 Å². The minimum absolute atomic E-state index is 0.138. The molecule has 0 atom stereocenters. The average molecular weight is 471 g/mol. The van der Waals surface area contributed by atoms with E-state index in [0.717, 1.165) is 34.0 Å². The van der Waals surface area contributed by atoms with Crippen molar-refractivity contribution in [2.75, 3.05) is 12.8 Å². The summed E-state index contributed by atoms with van der Waals surface area (Å²) in [5, 5.41) is 10.7. The van der Waals surface area contributed by atoms with Gasteiger partial charge in [-0.05, 0) is 23.8 Å². The van der Waals surface area contributed by atoms with Crippen molar-refractivity contribution in [2.45, 2.75) is 6.54 Å². The molecule has 3 aromatic heterocycles. The molecule has 10 heteroatoms. The second kappa shape index (κ2) is 8.90. The molecule has 0 fully saturated rings. The van der Waals surface area contributed by atoms with Crippen LogP contribution in [0.5, 0.6) is 5.75 Å². The van der Waals surface area contributed by atoms with E-state index in [-0.39, 0.29) is 12.1 Å². The zero-order chi connectivity index (χ0) is 24.5. The van der Waals surface area contributed by atoms with Crippen molar-refractivity contribution in [1.82, 2.24) is 30.0 Å². The number of pyridine rings is 1. The highest BCUT2D eigenvalue weighted by Crippen LogP contribution is 2.35. The highest BCUT2D eigenvalue weighted by molar-refractivity contribution is 6.05. The molecule has 0 aliphatic carbocycles. The summed E-state index contributed by atoms with van der Waals surface area (Å²) < 4.78 is 20.6. The average Bonchev–Trinajstić information content (AvgIpc) is 3.48. The molecule has 176 valence electrons. The molecule has 9 nitrogen and oxygen atoms in total. The maximum absolute atomic E-state index is 13.6. The maximum atomic E-state index is 13.6. The van der Waals surface area contributed by atoms with E-state index in [1.807, 2.05) is 42.1 Å². The SMILES string of the molecule is COc1ccc(F)cc1C(=O)NCc1ccc(-c2ncc(-c3cn(C)cn3)c3[nH]nc(N)c23)cc1. The fourth-order valence-electron chi connectivity index (χ4n) is 3.93. The number of ether oxygens (including phenoxy) is 1. The van der Waals surface area contributed by atoms with Gasteiger partial charge in [-0.3, -0.25) is 14.9 Å². The number of imidazole rings is 1. The van der Waals surface area contributed by atoms with Crippen molar-refractivity contribution in [1.29, 1.82) is 0 Å². The lowest BCUT2D eigenvalue weighted by atomic mass is 10.0. The molecule has 0 aliphatic rings. The summed E-state index contributed by atoms with van der Waals surface area (Å²) in [5.74, 6) is -0.279. The number of nitrogens with one attached hydrogen (secondary N) is 2. The Labute approximate surface area is 199 Å². The third-order valence-electron chi connectivity index (χ3n) is 5.69. The third kappa shape index (κ3) is 4.17. The number of anilines is 1. The largest absolute Gasteiger partial charge is 0.496 e. The number of fused-ring (bicyclic) bond motifs is 1. The van der Waals surface area contributed by atoms with Gasteiger partial charge in [-0.1, -0.05) is 24.3 Å². The molecule has 0 saturated carbocycles. The number of methoxy groups -OCH3 is 1. The molecule has 0 aliphatic heterocycles. The molecule has 5 aromatic rings. The first-order valence-corrected chi connectivity index (χ1v) is 10.8. The smallest absolute Gasteiger partial charge is 0.255 e. The van der Waals surface area contributed by atoms with E-state index in [0.29, 0.717) is 22.6 Å². The van der Waals surface area contributed by atoms with Gasteiger partial charge in [0.25, 0.3) is 5.91 Å². The van der Waals surface area contributed by atoms with Crippen LogP contribution in [0.1, 0.15) is 15.9 Å². The van der Waals surface area contributed by atoms with Crippen LogP contribution in [0.3, 0.4) is 0 Å². The summed E-state index contributed by atoms with van der Waals surface area (Å²) in [4.78, 5) is 21.6. The Morgan fingerprint density at radius 1 is 1.20 bits per heavy atom. The molecule has 5 rings (SSSR count). The first-order chi connectivity index (χ1) is 16.9. The quantitative estimate of drug-likeness (QED) is 0.347.